The zero-order valence-electron chi connectivity index (χ0n) is 15.3. The molecule has 2 heterocycles. The Bertz CT molecular complexity index is 906. The number of piperazine rings is 1. The number of methoxy groups -OCH3 is 1. The maximum absolute atomic E-state index is 6.30. The molecule has 4 nitrogen and oxygen atoms in total. The lowest BCUT2D eigenvalue weighted by Gasteiger charge is -2.36. The van der Waals surface area contributed by atoms with Crippen LogP contribution in [0.5, 0.6) is 5.75 Å². The SMILES string of the molecule is COc1ccccc1N1CCN(Cc2csc(-c3ccccc3Cl)n2)CC1. The van der Waals surface area contributed by atoms with Crippen molar-refractivity contribution < 1.29 is 4.74 Å². The highest BCUT2D eigenvalue weighted by Crippen LogP contribution is 2.31. The molecule has 1 saturated heterocycles. The van der Waals surface area contributed by atoms with Gasteiger partial charge in [0.1, 0.15) is 10.8 Å². The van der Waals surface area contributed by atoms with Crippen molar-refractivity contribution in [3.05, 3.63) is 64.6 Å². The van der Waals surface area contributed by atoms with Crippen molar-refractivity contribution in [2.45, 2.75) is 6.54 Å². The van der Waals surface area contributed by atoms with Gasteiger partial charge in [-0.2, -0.15) is 0 Å². The van der Waals surface area contributed by atoms with Gasteiger partial charge in [0, 0.05) is 43.7 Å². The van der Waals surface area contributed by atoms with Gasteiger partial charge < -0.3 is 9.64 Å². The summed E-state index contributed by atoms with van der Waals surface area (Å²) in [6, 6.07) is 16.1. The van der Waals surface area contributed by atoms with Crippen molar-refractivity contribution in [2.75, 3.05) is 38.2 Å². The number of benzene rings is 2. The standard InChI is InChI=1S/C21H22ClN3OS/c1-26-20-9-5-4-8-19(20)25-12-10-24(11-13-25)14-16-15-27-21(23-16)17-6-2-3-7-18(17)22/h2-9,15H,10-14H2,1H3. The Morgan fingerprint density at radius 1 is 1.04 bits per heavy atom. The van der Waals surface area contributed by atoms with Gasteiger partial charge in [-0.25, -0.2) is 4.98 Å². The van der Waals surface area contributed by atoms with Crippen LogP contribution in [0, 0.1) is 0 Å². The molecule has 1 aliphatic rings. The molecule has 0 spiro atoms. The van der Waals surface area contributed by atoms with Crippen LogP contribution in [-0.4, -0.2) is 43.2 Å². The molecule has 1 aliphatic heterocycles. The summed E-state index contributed by atoms with van der Waals surface area (Å²) in [6.45, 7) is 4.87. The molecule has 0 aliphatic carbocycles. The van der Waals surface area contributed by atoms with Crippen LogP contribution in [0.4, 0.5) is 5.69 Å². The van der Waals surface area contributed by atoms with E-state index in [1.165, 1.54) is 5.69 Å². The number of hydrogen-bond acceptors (Lipinski definition) is 5. The maximum atomic E-state index is 6.30. The summed E-state index contributed by atoms with van der Waals surface area (Å²) < 4.78 is 5.50. The highest BCUT2D eigenvalue weighted by molar-refractivity contribution is 7.13. The largest absolute Gasteiger partial charge is 0.495 e. The highest BCUT2D eigenvalue weighted by Gasteiger charge is 2.20. The molecule has 0 atom stereocenters. The number of anilines is 1. The molecular weight excluding hydrogens is 378 g/mol. The zero-order valence-corrected chi connectivity index (χ0v) is 16.8. The molecular formula is C21H22ClN3OS. The third-order valence-electron chi connectivity index (χ3n) is 4.84. The smallest absolute Gasteiger partial charge is 0.142 e. The Hall–Kier alpha value is -2.08. The monoisotopic (exact) mass is 399 g/mol. The van der Waals surface area contributed by atoms with Crippen LogP contribution in [-0.2, 0) is 6.54 Å². The second kappa shape index (κ2) is 8.30. The summed E-state index contributed by atoms with van der Waals surface area (Å²) in [4.78, 5) is 9.65. The number of rotatable bonds is 5. The van der Waals surface area contributed by atoms with Gasteiger partial charge in [-0.05, 0) is 18.2 Å². The molecule has 0 amide bonds. The highest BCUT2D eigenvalue weighted by atomic mass is 35.5. The fourth-order valence-electron chi connectivity index (χ4n) is 3.40. The van der Waals surface area contributed by atoms with E-state index in [0.29, 0.717) is 0 Å². The predicted molar refractivity (Wildman–Crippen MR) is 113 cm³/mol. The Balaban J connectivity index is 1.38. The van der Waals surface area contributed by atoms with E-state index in [1.807, 2.05) is 36.4 Å². The molecule has 6 heteroatoms. The minimum atomic E-state index is 0.754. The third-order valence-corrected chi connectivity index (χ3v) is 6.09. The van der Waals surface area contributed by atoms with Crippen molar-refractivity contribution in [1.29, 1.82) is 0 Å². The van der Waals surface area contributed by atoms with E-state index in [0.717, 1.165) is 59.8 Å². The van der Waals surface area contributed by atoms with Crippen LogP contribution < -0.4 is 9.64 Å². The fraction of sp³-hybridized carbons (Fsp3) is 0.286. The summed E-state index contributed by atoms with van der Waals surface area (Å²) in [5.74, 6) is 0.940. The molecule has 3 aromatic rings. The lowest BCUT2D eigenvalue weighted by atomic mass is 10.2. The first-order valence-electron chi connectivity index (χ1n) is 9.04. The van der Waals surface area contributed by atoms with Crippen molar-refractivity contribution in [1.82, 2.24) is 9.88 Å². The normalized spacial score (nSPS) is 15.1. The average molecular weight is 400 g/mol. The summed E-state index contributed by atoms with van der Waals surface area (Å²) in [5, 5.41) is 3.89. The van der Waals surface area contributed by atoms with Gasteiger partial charge in [0.2, 0.25) is 0 Å². The number of hydrogen-bond donors (Lipinski definition) is 0. The first-order valence-corrected chi connectivity index (χ1v) is 10.3. The molecule has 27 heavy (non-hydrogen) atoms. The molecule has 4 rings (SSSR count). The van der Waals surface area contributed by atoms with E-state index >= 15 is 0 Å². The summed E-state index contributed by atoms with van der Waals surface area (Å²) in [7, 11) is 1.73. The Kier molecular flexibility index (Phi) is 5.62. The van der Waals surface area contributed by atoms with E-state index in [-0.39, 0.29) is 0 Å². The number of aromatic nitrogens is 1. The average Bonchev–Trinajstić information content (AvgIpc) is 3.17. The van der Waals surface area contributed by atoms with E-state index in [4.69, 9.17) is 21.3 Å². The molecule has 140 valence electrons. The predicted octanol–water partition coefficient (Wildman–Crippen LogP) is 4.79. The van der Waals surface area contributed by atoms with E-state index in [1.54, 1.807) is 18.4 Å². The molecule has 1 fully saturated rings. The van der Waals surface area contributed by atoms with E-state index < -0.39 is 0 Å². The quantitative estimate of drug-likeness (QED) is 0.616. The second-order valence-electron chi connectivity index (χ2n) is 6.56. The first-order chi connectivity index (χ1) is 13.2. The molecule has 0 saturated carbocycles. The lowest BCUT2D eigenvalue weighted by Crippen LogP contribution is -2.46. The number of nitrogens with zero attached hydrogens (tertiary/aromatic N) is 3. The van der Waals surface area contributed by atoms with Crippen LogP contribution in [0.2, 0.25) is 5.02 Å². The van der Waals surface area contributed by atoms with Gasteiger partial charge in [0.25, 0.3) is 0 Å². The van der Waals surface area contributed by atoms with Crippen LogP contribution in [0.3, 0.4) is 0 Å². The van der Waals surface area contributed by atoms with Crippen LogP contribution >= 0.6 is 22.9 Å². The maximum Gasteiger partial charge on any atom is 0.142 e. The second-order valence-corrected chi connectivity index (χ2v) is 7.82. The Morgan fingerprint density at radius 3 is 2.56 bits per heavy atom. The number of halogens is 1. The lowest BCUT2D eigenvalue weighted by molar-refractivity contribution is 0.247. The minimum Gasteiger partial charge on any atom is -0.495 e. The van der Waals surface area contributed by atoms with Gasteiger partial charge in [-0.1, -0.05) is 41.9 Å². The van der Waals surface area contributed by atoms with Crippen LogP contribution in [0.25, 0.3) is 10.6 Å². The molecule has 0 N–H and O–H groups in total. The van der Waals surface area contributed by atoms with Gasteiger partial charge >= 0.3 is 0 Å². The van der Waals surface area contributed by atoms with Crippen molar-refractivity contribution >= 4 is 28.6 Å². The van der Waals surface area contributed by atoms with Crippen LogP contribution in [0.15, 0.2) is 53.9 Å². The molecule has 0 unspecified atom stereocenters. The molecule has 0 bridgehead atoms. The number of ether oxygens (including phenoxy) is 1. The summed E-state index contributed by atoms with van der Waals surface area (Å²) >= 11 is 7.96. The molecule has 1 aromatic heterocycles. The van der Waals surface area contributed by atoms with Gasteiger partial charge in [-0.3, -0.25) is 4.90 Å². The van der Waals surface area contributed by atoms with Crippen molar-refractivity contribution in [3.8, 4) is 16.3 Å². The Morgan fingerprint density at radius 2 is 1.78 bits per heavy atom. The summed E-state index contributed by atoms with van der Waals surface area (Å²) in [6.07, 6.45) is 0. The molecule has 0 radical (unpaired) electrons. The third kappa shape index (κ3) is 4.10. The topological polar surface area (TPSA) is 28.6 Å². The number of thiazole rings is 1. The number of para-hydroxylation sites is 2. The van der Waals surface area contributed by atoms with E-state index in [2.05, 4.69) is 27.3 Å². The first kappa shape index (κ1) is 18.3. The fourth-order valence-corrected chi connectivity index (χ4v) is 4.54. The van der Waals surface area contributed by atoms with Crippen molar-refractivity contribution in [3.63, 3.8) is 0 Å². The van der Waals surface area contributed by atoms with Gasteiger partial charge in [-0.15, -0.1) is 11.3 Å². The van der Waals surface area contributed by atoms with Crippen molar-refractivity contribution in [2.24, 2.45) is 0 Å². The minimum absolute atomic E-state index is 0.754. The van der Waals surface area contributed by atoms with Gasteiger partial charge in [0.15, 0.2) is 0 Å². The van der Waals surface area contributed by atoms with Gasteiger partial charge in [0.05, 0.1) is 23.5 Å². The Labute approximate surface area is 169 Å². The zero-order chi connectivity index (χ0) is 18.6. The van der Waals surface area contributed by atoms with E-state index in [9.17, 15) is 0 Å². The van der Waals surface area contributed by atoms with Crippen LogP contribution in [0.1, 0.15) is 5.69 Å². The summed E-state index contributed by atoms with van der Waals surface area (Å²) in [5.41, 5.74) is 3.30. The molecule has 2 aromatic carbocycles.